The molecule has 0 N–H and O–H groups in total. The summed E-state index contributed by atoms with van der Waals surface area (Å²) in [5.41, 5.74) is 3.86. The number of rotatable bonds is 2. The van der Waals surface area contributed by atoms with Crippen molar-refractivity contribution in [2.24, 2.45) is 0 Å². The van der Waals surface area contributed by atoms with Gasteiger partial charge < -0.3 is 4.98 Å². The van der Waals surface area contributed by atoms with Gasteiger partial charge >= 0.3 is 78.9 Å². The Morgan fingerprint density at radius 3 is 1.78 bits per heavy atom. The first-order chi connectivity index (χ1) is 8.45. The predicted octanol–water partition coefficient (Wildman–Crippen LogP) is 3.57. The molecule has 0 spiro atoms. The maximum atomic E-state index is 4.11. The maximum Gasteiger partial charge on any atom is -0.0607 e. The molecule has 1 heterocycles. The number of hydrogen-bond acceptors (Lipinski definition) is 0. The second kappa shape index (κ2) is 6.85. The van der Waals surface area contributed by atoms with Crippen molar-refractivity contribution in [2.75, 3.05) is 0 Å². The molecule has 0 fully saturated rings. The van der Waals surface area contributed by atoms with Crippen LogP contribution < -0.4 is 4.98 Å². The Hall–Kier alpha value is -0.942. The van der Waals surface area contributed by atoms with Gasteiger partial charge in [-0.25, -0.2) is 0 Å². The molecule has 18 heavy (non-hydrogen) atoms. The van der Waals surface area contributed by atoms with Crippen molar-refractivity contribution in [1.82, 2.24) is 4.98 Å². The van der Waals surface area contributed by atoms with Crippen LogP contribution in [0.15, 0.2) is 42.5 Å². The topological polar surface area (TPSA) is 14.1 Å². The summed E-state index contributed by atoms with van der Waals surface area (Å²) in [6.07, 6.45) is 0. The van der Waals surface area contributed by atoms with Gasteiger partial charge in [-0.2, -0.15) is 11.4 Å². The smallest absolute Gasteiger partial charge is 0.0607 e. The van der Waals surface area contributed by atoms with Gasteiger partial charge in [-0.3, -0.25) is 0 Å². The molecule has 0 unspecified atom stereocenters. The van der Waals surface area contributed by atoms with E-state index in [9.17, 15) is 0 Å². The predicted molar refractivity (Wildman–Crippen MR) is 74.8 cm³/mol. The summed E-state index contributed by atoms with van der Waals surface area (Å²) in [6, 6.07) is 14.6. The van der Waals surface area contributed by atoms with Crippen molar-refractivity contribution in [1.29, 1.82) is 0 Å². The van der Waals surface area contributed by atoms with Crippen LogP contribution in [-0.4, -0.2) is 4.40 Å². The van der Waals surface area contributed by atoms with Crippen LogP contribution in [0.1, 0.15) is 30.8 Å². The Morgan fingerprint density at radius 2 is 1.44 bits per heavy atom. The molecule has 2 rings (SSSR count). The molecule has 0 aliphatic carbocycles. The van der Waals surface area contributed by atoms with Gasteiger partial charge in [0.15, 0.2) is 0 Å². The number of hydrogen-bond donors (Lipinski definition) is 0. The minimum absolute atomic E-state index is 0.247. The van der Waals surface area contributed by atoms with Gasteiger partial charge in [0, 0.05) is 0 Å². The van der Waals surface area contributed by atoms with E-state index < -0.39 is 0 Å². The third-order valence-electron chi connectivity index (χ3n) is 2.73. The molecule has 0 aliphatic heterocycles. The molecule has 0 radical (unpaired) electrons. The van der Waals surface area contributed by atoms with Crippen LogP contribution in [0.3, 0.4) is 0 Å². The zero-order chi connectivity index (χ0) is 13.6. The van der Waals surface area contributed by atoms with E-state index in [0.717, 1.165) is 11.4 Å². The fourth-order valence-corrected chi connectivity index (χ4v) is 2.02. The van der Waals surface area contributed by atoms with E-state index in [1.54, 1.807) is 0 Å². The molecule has 0 bridgehead atoms. The summed E-state index contributed by atoms with van der Waals surface area (Å²) in [5.74, 6) is 0. The van der Waals surface area contributed by atoms with E-state index >= 15 is 0 Å². The van der Waals surface area contributed by atoms with E-state index in [2.05, 4.69) is 53.6 Å². The van der Waals surface area contributed by atoms with Gasteiger partial charge in [0.25, 0.3) is 0 Å². The quantitative estimate of drug-likeness (QED) is 0.739. The molecular formula is C16H20NW-. The summed E-state index contributed by atoms with van der Waals surface area (Å²) in [6.45, 7) is 8.48. The molecule has 0 amide bonds. The van der Waals surface area contributed by atoms with Crippen molar-refractivity contribution >= 4 is 4.40 Å². The minimum atomic E-state index is 0.247. The molecule has 0 saturated heterocycles. The molecule has 1 nitrogen and oxygen atoms in total. The standard InChI is InChI=1S/C10H12.C6H8N.W/c1-10(2,3)9-7-5-4-6-8-9;1-5-3-4-6(2)7-5;/h1,4-8H,2-3H3;3-4H,1-2H3;/q;-1;. The summed E-state index contributed by atoms with van der Waals surface area (Å²) in [7, 11) is 0. The molecule has 96 valence electrons. The molecule has 0 aliphatic rings. The van der Waals surface area contributed by atoms with Gasteiger partial charge in [-0.1, -0.05) is 26.0 Å². The second-order valence-electron chi connectivity index (χ2n) is 4.93. The molecule has 0 saturated carbocycles. The van der Waals surface area contributed by atoms with Crippen LogP contribution in [0.4, 0.5) is 0 Å². The molecule has 2 aromatic rings. The average molecular weight is 410 g/mol. The number of nitrogens with zero attached hydrogens (tertiary/aromatic N) is 1. The van der Waals surface area contributed by atoms with E-state index in [1.807, 2.05) is 26.0 Å². The Balaban J connectivity index is 0.000000199. The normalized spacial score (nSPS) is 10.4. The van der Waals surface area contributed by atoms with E-state index in [-0.39, 0.29) is 5.41 Å². The zero-order valence-corrected chi connectivity index (χ0v) is 14.4. The number of benzene rings is 1. The Morgan fingerprint density at radius 1 is 0.944 bits per heavy atom. The molecular weight excluding hydrogens is 390 g/mol. The molecule has 1 aromatic carbocycles. The third kappa shape index (κ3) is 4.74. The average Bonchev–Trinajstić information content (AvgIpc) is 2.75. The Labute approximate surface area is 121 Å². The van der Waals surface area contributed by atoms with Crippen LogP contribution in [0, 0.1) is 13.8 Å². The molecule has 1 aromatic heterocycles. The monoisotopic (exact) mass is 410 g/mol. The van der Waals surface area contributed by atoms with Crippen molar-refractivity contribution in [3.8, 4) is 0 Å². The number of aryl methyl sites for hydroxylation is 2. The van der Waals surface area contributed by atoms with Gasteiger partial charge in [-0.05, 0) is 0 Å². The minimum Gasteiger partial charge on any atom is -0.665 e. The van der Waals surface area contributed by atoms with Gasteiger partial charge in [-0.15, -0.1) is 0 Å². The first-order valence-corrected chi connectivity index (χ1v) is 7.74. The Bertz CT molecular complexity index is 466. The molecule has 2 heteroatoms. The van der Waals surface area contributed by atoms with Crippen LogP contribution in [-0.2, 0) is 24.8 Å². The summed E-state index contributed by atoms with van der Waals surface area (Å²) in [4.78, 5) is 4.11. The SMILES string of the molecule is CC(C)([CH]=[W])c1ccccc1.Cc1ccc(C)[n-]1. The fraction of sp³-hybridized carbons (Fsp3) is 0.312. The first-order valence-electron chi connectivity index (χ1n) is 6.04. The maximum absolute atomic E-state index is 4.11. The van der Waals surface area contributed by atoms with Crippen LogP contribution in [0.5, 0.6) is 0 Å². The summed E-state index contributed by atoms with van der Waals surface area (Å²) >= 11 is 1.54. The van der Waals surface area contributed by atoms with E-state index in [1.165, 1.54) is 24.9 Å². The van der Waals surface area contributed by atoms with E-state index in [0.29, 0.717) is 0 Å². The van der Waals surface area contributed by atoms with E-state index in [4.69, 9.17) is 0 Å². The first kappa shape index (κ1) is 15.1. The second-order valence-corrected chi connectivity index (χ2v) is 5.78. The van der Waals surface area contributed by atoms with Gasteiger partial charge in [0.05, 0.1) is 0 Å². The third-order valence-corrected chi connectivity index (χ3v) is 4.85. The zero-order valence-electron chi connectivity index (χ0n) is 11.5. The van der Waals surface area contributed by atoms with Crippen molar-refractivity contribution in [3.05, 3.63) is 59.4 Å². The van der Waals surface area contributed by atoms with Crippen LogP contribution in [0.2, 0.25) is 0 Å². The van der Waals surface area contributed by atoms with Crippen molar-refractivity contribution in [2.45, 2.75) is 33.1 Å². The summed E-state index contributed by atoms with van der Waals surface area (Å²) < 4.78 is 2.31. The van der Waals surface area contributed by atoms with Crippen LogP contribution >= 0.6 is 0 Å². The van der Waals surface area contributed by atoms with Crippen molar-refractivity contribution in [3.63, 3.8) is 0 Å². The number of aromatic nitrogens is 1. The van der Waals surface area contributed by atoms with Gasteiger partial charge in [0.1, 0.15) is 0 Å². The Kier molecular flexibility index (Phi) is 5.75. The largest absolute Gasteiger partial charge is 0.665 e. The summed E-state index contributed by atoms with van der Waals surface area (Å²) in [5, 5.41) is 0. The van der Waals surface area contributed by atoms with Crippen LogP contribution in [0.25, 0.3) is 0 Å². The molecule has 0 atom stereocenters. The van der Waals surface area contributed by atoms with Crippen molar-refractivity contribution < 1.29 is 19.4 Å². The van der Waals surface area contributed by atoms with Gasteiger partial charge in [0.2, 0.25) is 0 Å². The fourth-order valence-electron chi connectivity index (χ4n) is 1.53.